The second-order valence-corrected chi connectivity index (χ2v) is 4.81. The van der Waals surface area contributed by atoms with Crippen molar-refractivity contribution >= 4 is 5.69 Å². The average Bonchev–Trinajstić information content (AvgIpc) is 2.40. The highest BCUT2D eigenvalue weighted by Crippen LogP contribution is 2.14. The summed E-state index contributed by atoms with van der Waals surface area (Å²) in [5.41, 5.74) is 9.20. The molecule has 1 rings (SSSR count). The number of benzene rings is 1. The minimum Gasteiger partial charge on any atom is -0.399 e. The van der Waals surface area contributed by atoms with Crippen molar-refractivity contribution in [3.63, 3.8) is 0 Å². The molecule has 1 aromatic rings. The Morgan fingerprint density at radius 3 is 2.47 bits per heavy atom. The Hall–Kier alpha value is -1.10. The van der Waals surface area contributed by atoms with Gasteiger partial charge >= 0.3 is 0 Å². The lowest BCUT2D eigenvalue weighted by atomic mass is 10.1. The van der Waals surface area contributed by atoms with Crippen LogP contribution in [0, 0.1) is 6.92 Å². The van der Waals surface area contributed by atoms with Gasteiger partial charge in [0, 0.05) is 46.1 Å². The Morgan fingerprint density at radius 2 is 1.84 bits per heavy atom. The van der Waals surface area contributed by atoms with Crippen LogP contribution in [0.2, 0.25) is 0 Å². The summed E-state index contributed by atoms with van der Waals surface area (Å²) in [4.78, 5) is 2.37. The van der Waals surface area contributed by atoms with E-state index in [1.807, 2.05) is 6.92 Å². The topological polar surface area (TPSA) is 47.7 Å². The molecular weight excluding hydrogens is 240 g/mol. The van der Waals surface area contributed by atoms with Crippen LogP contribution < -0.4 is 5.73 Å². The van der Waals surface area contributed by atoms with Crippen LogP contribution in [0.25, 0.3) is 0 Å². The van der Waals surface area contributed by atoms with Crippen LogP contribution in [-0.4, -0.2) is 45.4 Å². The van der Waals surface area contributed by atoms with Crippen molar-refractivity contribution in [2.75, 3.05) is 46.3 Å². The van der Waals surface area contributed by atoms with E-state index >= 15 is 0 Å². The molecule has 2 N–H and O–H groups in total. The summed E-state index contributed by atoms with van der Waals surface area (Å²) < 4.78 is 10.3. The van der Waals surface area contributed by atoms with Crippen LogP contribution in [0.3, 0.4) is 0 Å². The van der Waals surface area contributed by atoms with Gasteiger partial charge in [0.15, 0.2) is 0 Å². The number of nitrogens with two attached hydrogens (primary N) is 1. The molecule has 0 fully saturated rings. The summed E-state index contributed by atoms with van der Waals surface area (Å²) in [6.45, 7) is 6.39. The predicted octanol–water partition coefficient (Wildman–Crippen LogP) is 2.06. The lowest BCUT2D eigenvalue weighted by Gasteiger charge is -2.22. The molecule has 0 aliphatic heterocycles. The molecule has 0 radical (unpaired) electrons. The Balaban J connectivity index is 2.56. The second-order valence-electron chi connectivity index (χ2n) is 4.81. The molecule has 0 aliphatic carbocycles. The molecule has 0 amide bonds. The van der Waals surface area contributed by atoms with E-state index in [-0.39, 0.29) is 0 Å². The van der Waals surface area contributed by atoms with Gasteiger partial charge in [-0.3, -0.25) is 4.90 Å². The SMILES string of the molecule is COCCCN(CCOC)Cc1ccc(C)c(N)c1. The van der Waals surface area contributed by atoms with Crippen molar-refractivity contribution in [2.45, 2.75) is 19.9 Å². The number of nitrogen functional groups attached to an aromatic ring is 1. The quantitative estimate of drug-likeness (QED) is 0.549. The summed E-state index contributed by atoms with van der Waals surface area (Å²) >= 11 is 0. The number of nitrogens with zero attached hydrogens (tertiary/aromatic N) is 1. The molecule has 0 atom stereocenters. The number of hydrogen-bond donors (Lipinski definition) is 1. The second kappa shape index (κ2) is 8.91. The predicted molar refractivity (Wildman–Crippen MR) is 79.2 cm³/mol. The zero-order valence-electron chi connectivity index (χ0n) is 12.3. The Kier molecular flexibility index (Phi) is 7.48. The van der Waals surface area contributed by atoms with Gasteiger partial charge in [-0.05, 0) is 30.5 Å². The van der Waals surface area contributed by atoms with E-state index in [0.717, 1.165) is 50.5 Å². The fourth-order valence-electron chi connectivity index (χ4n) is 1.97. The molecule has 4 nitrogen and oxygen atoms in total. The molecule has 1 aromatic carbocycles. The first-order valence-corrected chi connectivity index (χ1v) is 6.72. The summed E-state index contributed by atoms with van der Waals surface area (Å²) in [5.74, 6) is 0. The molecule has 0 aliphatic rings. The van der Waals surface area contributed by atoms with Gasteiger partial charge in [0.2, 0.25) is 0 Å². The Morgan fingerprint density at radius 1 is 1.11 bits per heavy atom. The largest absolute Gasteiger partial charge is 0.399 e. The fraction of sp³-hybridized carbons (Fsp3) is 0.600. The molecule has 0 heterocycles. The van der Waals surface area contributed by atoms with Gasteiger partial charge < -0.3 is 15.2 Å². The van der Waals surface area contributed by atoms with Crippen molar-refractivity contribution in [1.82, 2.24) is 4.90 Å². The monoisotopic (exact) mass is 266 g/mol. The lowest BCUT2D eigenvalue weighted by molar-refractivity contribution is 0.129. The maximum absolute atomic E-state index is 5.95. The molecule has 0 spiro atoms. The van der Waals surface area contributed by atoms with Crippen LogP contribution in [0.15, 0.2) is 18.2 Å². The number of hydrogen-bond acceptors (Lipinski definition) is 4. The summed E-state index contributed by atoms with van der Waals surface area (Å²) in [7, 11) is 3.47. The molecule has 108 valence electrons. The van der Waals surface area contributed by atoms with Crippen molar-refractivity contribution in [1.29, 1.82) is 0 Å². The molecule has 4 heteroatoms. The fourth-order valence-corrected chi connectivity index (χ4v) is 1.97. The molecule has 0 aromatic heterocycles. The number of aryl methyl sites for hydroxylation is 1. The van der Waals surface area contributed by atoms with E-state index in [1.165, 1.54) is 5.56 Å². The Labute approximate surface area is 116 Å². The van der Waals surface area contributed by atoms with Crippen molar-refractivity contribution in [3.05, 3.63) is 29.3 Å². The Bertz CT molecular complexity index is 369. The van der Waals surface area contributed by atoms with Gasteiger partial charge in [-0.2, -0.15) is 0 Å². The molecule has 0 unspecified atom stereocenters. The first-order chi connectivity index (χ1) is 9.17. The van der Waals surface area contributed by atoms with Gasteiger partial charge in [0.1, 0.15) is 0 Å². The lowest BCUT2D eigenvalue weighted by Crippen LogP contribution is -2.28. The van der Waals surface area contributed by atoms with Crippen molar-refractivity contribution in [3.8, 4) is 0 Å². The summed E-state index contributed by atoms with van der Waals surface area (Å²) in [6, 6.07) is 6.28. The zero-order chi connectivity index (χ0) is 14.1. The summed E-state index contributed by atoms with van der Waals surface area (Å²) in [5, 5.41) is 0. The number of anilines is 1. The zero-order valence-corrected chi connectivity index (χ0v) is 12.3. The van der Waals surface area contributed by atoms with Crippen molar-refractivity contribution < 1.29 is 9.47 Å². The highest BCUT2D eigenvalue weighted by molar-refractivity contribution is 5.48. The van der Waals surface area contributed by atoms with Crippen LogP contribution in [0.4, 0.5) is 5.69 Å². The van der Waals surface area contributed by atoms with E-state index in [1.54, 1.807) is 14.2 Å². The van der Waals surface area contributed by atoms with Crippen LogP contribution in [-0.2, 0) is 16.0 Å². The molecule has 0 bridgehead atoms. The van der Waals surface area contributed by atoms with Crippen molar-refractivity contribution in [2.24, 2.45) is 0 Å². The van der Waals surface area contributed by atoms with Gasteiger partial charge in [0.05, 0.1) is 6.61 Å². The third-order valence-corrected chi connectivity index (χ3v) is 3.18. The third kappa shape index (κ3) is 6.05. The van der Waals surface area contributed by atoms with Gasteiger partial charge in [-0.1, -0.05) is 12.1 Å². The van der Waals surface area contributed by atoms with E-state index < -0.39 is 0 Å². The highest BCUT2D eigenvalue weighted by Gasteiger charge is 2.06. The number of rotatable bonds is 9. The standard InChI is InChI=1S/C15H26N2O2/c1-13-5-6-14(11-15(13)16)12-17(8-10-19-3)7-4-9-18-2/h5-6,11H,4,7-10,12,16H2,1-3H3. The van der Waals surface area contributed by atoms with E-state index in [4.69, 9.17) is 15.2 Å². The highest BCUT2D eigenvalue weighted by atomic mass is 16.5. The smallest absolute Gasteiger partial charge is 0.0589 e. The van der Waals surface area contributed by atoms with Crippen LogP contribution in [0.1, 0.15) is 17.5 Å². The number of ether oxygens (including phenoxy) is 2. The number of methoxy groups -OCH3 is 2. The first kappa shape index (κ1) is 16.0. The maximum Gasteiger partial charge on any atom is 0.0589 e. The van der Waals surface area contributed by atoms with E-state index in [9.17, 15) is 0 Å². The minimum absolute atomic E-state index is 0.744. The molecule has 0 saturated heterocycles. The molecular formula is C15H26N2O2. The molecule has 19 heavy (non-hydrogen) atoms. The maximum atomic E-state index is 5.95. The average molecular weight is 266 g/mol. The van der Waals surface area contributed by atoms with Gasteiger partial charge in [0.25, 0.3) is 0 Å². The third-order valence-electron chi connectivity index (χ3n) is 3.18. The minimum atomic E-state index is 0.744. The van der Waals surface area contributed by atoms with Gasteiger partial charge in [-0.15, -0.1) is 0 Å². The van der Waals surface area contributed by atoms with Crippen LogP contribution >= 0.6 is 0 Å². The van der Waals surface area contributed by atoms with E-state index in [0.29, 0.717) is 0 Å². The van der Waals surface area contributed by atoms with Gasteiger partial charge in [-0.25, -0.2) is 0 Å². The van der Waals surface area contributed by atoms with Crippen LogP contribution in [0.5, 0.6) is 0 Å². The first-order valence-electron chi connectivity index (χ1n) is 6.72. The summed E-state index contributed by atoms with van der Waals surface area (Å²) in [6.07, 6.45) is 1.03. The normalized spacial score (nSPS) is 11.2. The van der Waals surface area contributed by atoms with E-state index in [2.05, 4.69) is 23.1 Å². The molecule has 0 saturated carbocycles.